The number of carbonyl (C=O) groups excluding carboxylic acids is 1. The molecule has 2 aromatic carbocycles. The second-order valence-corrected chi connectivity index (χ2v) is 8.01. The van der Waals surface area contributed by atoms with Crippen molar-refractivity contribution in [3.05, 3.63) is 66.4 Å². The number of hydrogen-bond acceptors (Lipinski definition) is 2. The molecule has 0 radical (unpaired) electrons. The van der Waals surface area contributed by atoms with Crippen LogP contribution in [-0.2, 0) is 0 Å². The summed E-state index contributed by atoms with van der Waals surface area (Å²) in [5.74, 6) is -0.0348. The number of aromatic nitrogens is 1. The summed E-state index contributed by atoms with van der Waals surface area (Å²) < 4.78 is -1.40. The number of rotatable bonds is 4. The molecule has 122 valence electrons. The normalized spacial score (nSPS) is 11.6. The number of para-hydroxylation sites is 1. The maximum Gasteiger partial charge on any atom is 0.191 e. The van der Waals surface area contributed by atoms with Crippen LogP contribution in [0.4, 0.5) is 0 Å². The monoisotopic (exact) mass is 377 g/mol. The van der Waals surface area contributed by atoms with Gasteiger partial charge in [-0.05, 0) is 23.3 Å². The Bertz CT molecular complexity index is 864. The molecule has 5 heteroatoms. The highest BCUT2D eigenvalue weighted by atomic mass is 35.6. The van der Waals surface area contributed by atoms with Crippen molar-refractivity contribution in [1.82, 2.24) is 4.98 Å². The lowest BCUT2D eigenvalue weighted by Gasteiger charge is -2.10. The van der Waals surface area contributed by atoms with Gasteiger partial charge in [0, 0.05) is 30.0 Å². The van der Waals surface area contributed by atoms with E-state index in [0.717, 1.165) is 22.0 Å². The van der Waals surface area contributed by atoms with Gasteiger partial charge in [-0.25, -0.2) is 0 Å². The first kappa shape index (κ1) is 17.2. The van der Waals surface area contributed by atoms with Crippen molar-refractivity contribution in [1.29, 1.82) is 0 Å². The van der Waals surface area contributed by atoms with E-state index in [-0.39, 0.29) is 18.6 Å². The van der Waals surface area contributed by atoms with E-state index < -0.39 is 3.79 Å². The minimum Gasteiger partial charge on any atom is -0.294 e. The van der Waals surface area contributed by atoms with Crippen LogP contribution >= 0.6 is 34.8 Å². The highest BCUT2D eigenvalue weighted by Gasteiger charge is 2.21. The molecule has 0 atom stereocenters. The number of carbonyl (C=O) groups is 1. The Morgan fingerprint density at radius 3 is 2.38 bits per heavy atom. The summed E-state index contributed by atoms with van der Waals surface area (Å²) in [5.41, 5.74) is 3.68. The fourth-order valence-electron chi connectivity index (χ4n) is 2.58. The van der Waals surface area contributed by atoms with Crippen LogP contribution in [0, 0.1) is 0 Å². The minimum absolute atomic E-state index is 0.0348. The lowest BCUT2D eigenvalue weighted by atomic mass is 9.98. The van der Waals surface area contributed by atoms with Crippen LogP contribution in [0.3, 0.4) is 0 Å². The fraction of sp³-hybridized carbons (Fsp3) is 0.158. The summed E-state index contributed by atoms with van der Waals surface area (Å²) in [5, 5.41) is 1.08. The molecule has 0 aliphatic carbocycles. The third-order valence-corrected chi connectivity index (χ3v) is 4.37. The molecule has 0 amide bonds. The number of Topliss-reactive ketones (excluding diaryl/α,β-unsaturated/α-hetero) is 1. The summed E-state index contributed by atoms with van der Waals surface area (Å²) in [6.07, 6.45) is 2.19. The molecular formula is C19H14Cl3NO. The molecule has 0 N–H and O–H groups in total. The van der Waals surface area contributed by atoms with Crippen LogP contribution in [0.2, 0.25) is 0 Å². The maximum atomic E-state index is 12.2. The van der Waals surface area contributed by atoms with Gasteiger partial charge in [0.05, 0.1) is 5.52 Å². The third kappa shape index (κ3) is 4.07. The van der Waals surface area contributed by atoms with Crippen LogP contribution < -0.4 is 0 Å². The Morgan fingerprint density at radius 1 is 0.958 bits per heavy atom. The van der Waals surface area contributed by atoms with E-state index in [1.807, 2.05) is 54.6 Å². The fourth-order valence-corrected chi connectivity index (χ4v) is 2.87. The number of benzene rings is 2. The quantitative estimate of drug-likeness (QED) is 0.397. The van der Waals surface area contributed by atoms with Gasteiger partial charge in [0.25, 0.3) is 0 Å². The molecule has 0 aliphatic heterocycles. The van der Waals surface area contributed by atoms with Gasteiger partial charge in [-0.2, -0.15) is 0 Å². The number of ketones is 1. The lowest BCUT2D eigenvalue weighted by Crippen LogP contribution is -2.07. The average Bonchev–Trinajstić information content (AvgIpc) is 2.59. The van der Waals surface area contributed by atoms with E-state index in [1.165, 1.54) is 0 Å². The van der Waals surface area contributed by atoms with Crippen molar-refractivity contribution in [2.45, 2.75) is 16.6 Å². The summed E-state index contributed by atoms with van der Waals surface area (Å²) in [6.45, 7) is 0. The highest BCUT2D eigenvalue weighted by molar-refractivity contribution is 6.67. The molecule has 24 heavy (non-hydrogen) atoms. The zero-order valence-electron chi connectivity index (χ0n) is 12.7. The van der Waals surface area contributed by atoms with Gasteiger partial charge >= 0.3 is 0 Å². The number of pyridine rings is 1. The van der Waals surface area contributed by atoms with Crippen molar-refractivity contribution in [3.8, 4) is 11.1 Å². The number of hydrogen-bond donors (Lipinski definition) is 0. The standard InChI is InChI=1S/C19H14Cl3NO/c20-19(21,22)11-9-18(24)14-7-5-13(6-8-14)15-10-12-23-17-4-2-1-3-16(15)17/h1-8,10,12H,9,11H2. The number of nitrogens with zero attached hydrogens (tertiary/aromatic N) is 1. The molecule has 3 rings (SSSR count). The van der Waals surface area contributed by atoms with Crippen molar-refractivity contribution in [3.63, 3.8) is 0 Å². The van der Waals surface area contributed by atoms with E-state index in [2.05, 4.69) is 4.98 Å². The summed E-state index contributed by atoms with van der Waals surface area (Å²) >= 11 is 17.1. The van der Waals surface area contributed by atoms with Crippen LogP contribution in [0.1, 0.15) is 23.2 Å². The van der Waals surface area contributed by atoms with Crippen LogP contribution in [-0.4, -0.2) is 14.6 Å². The molecule has 0 spiro atoms. The molecule has 1 aromatic heterocycles. The Hall–Kier alpha value is -1.61. The lowest BCUT2D eigenvalue weighted by molar-refractivity contribution is 0.0980. The van der Waals surface area contributed by atoms with Crippen molar-refractivity contribution in [2.24, 2.45) is 0 Å². The van der Waals surface area contributed by atoms with E-state index in [1.54, 1.807) is 6.20 Å². The topological polar surface area (TPSA) is 30.0 Å². The molecule has 1 heterocycles. The van der Waals surface area contributed by atoms with Gasteiger partial charge in [-0.1, -0.05) is 77.3 Å². The van der Waals surface area contributed by atoms with E-state index in [9.17, 15) is 4.79 Å². The zero-order valence-corrected chi connectivity index (χ0v) is 14.9. The van der Waals surface area contributed by atoms with Crippen LogP contribution in [0.25, 0.3) is 22.0 Å². The summed E-state index contributed by atoms with van der Waals surface area (Å²) in [7, 11) is 0. The maximum absolute atomic E-state index is 12.2. The average molecular weight is 379 g/mol. The molecule has 0 aliphatic rings. The van der Waals surface area contributed by atoms with Crippen molar-refractivity contribution >= 4 is 51.5 Å². The van der Waals surface area contributed by atoms with Gasteiger partial charge < -0.3 is 0 Å². The van der Waals surface area contributed by atoms with Gasteiger partial charge in [0.15, 0.2) is 9.58 Å². The first-order chi connectivity index (χ1) is 11.4. The SMILES string of the molecule is O=C(CCC(Cl)(Cl)Cl)c1ccc(-c2ccnc3ccccc23)cc1. The Kier molecular flexibility index (Phi) is 5.09. The van der Waals surface area contributed by atoms with E-state index >= 15 is 0 Å². The molecule has 0 fully saturated rings. The molecule has 2 nitrogen and oxygen atoms in total. The molecule has 0 bridgehead atoms. The van der Waals surface area contributed by atoms with Gasteiger partial charge in [0.2, 0.25) is 0 Å². The second-order valence-electron chi connectivity index (χ2n) is 5.49. The Balaban J connectivity index is 1.85. The van der Waals surface area contributed by atoms with Crippen LogP contribution in [0.5, 0.6) is 0 Å². The smallest absolute Gasteiger partial charge is 0.191 e. The van der Waals surface area contributed by atoms with Gasteiger partial charge in [-0.15, -0.1) is 0 Å². The second kappa shape index (κ2) is 7.10. The first-order valence-corrected chi connectivity index (χ1v) is 8.61. The van der Waals surface area contributed by atoms with Crippen molar-refractivity contribution < 1.29 is 4.79 Å². The van der Waals surface area contributed by atoms with Crippen LogP contribution in [0.15, 0.2) is 60.8 Å². The number of halogens is 3. The molecule has 3 aromatic rings. The van der Waals surface area contributed by atoms with Gasteiger partial charge in [0.1, 0.15) is 0 Å². The number of alkyl halides is 3. The predicted molar refractivity (Wildman–Crippen MR) is 101 cm³/mol. The number of fused-ring (bicyclic) bond motifs is 1. The molecular weight excluding hydrogens is 365 g/mol. The summed E-state index contributed by atoms with van der Waals surface area (Å²) in [6, 6.07) is 17.4. The Labute approximate surface area is 155 Å². The largest absolute Gasteiger partial charge is 0.294 e. The van der Waals surface area contributed by atoms with E-state index in [4.69, 9.17) is 34.8 Å². The predicted octanol–water partition coefficient (Wildman–Crippen LogP) is 6.23. The summed E-state index contributed by atoms with van der Waals surface area (Å²) in [4.78, 5) is 16.5. The first-order valence-electron chi connectivity index (χ1n) is 7.48. The molecule has 0 unspecified atom stereocenters. The third-order valence-electron chi connectivity index (χ3n) is 3.80. The highest BCUT2D eigenvalue weighted by Crippen LogP contribution is 2.32. The Morgan fingerprint density at radius 2 is 1.67 bits per heavy atom. The van der Waals surface area contributed by atoms with Gasteiger partial charge in [-0.3, -0.25) is 9.78 Å². The minimum atomic E-state index is -1.40. The van der Waals surface area contributed by atoms with E-state index in [0.29, 0.717) is 5.56 Å². The molecule has 0 saturated heterocycles. The zero-order chi connectivity index (χ0) is 17.2. The molecule has 0 saturated carbocycles. The van der Waals surface area contributed by atoms with Crippen molar-refractivity contribution in [2.75, 3.05) is 0 Å².